The summed E-state index contributed by atoms with van der Waals surface area (Å²) in [6.07, 6.45) is 7.33. The van der Waals surface area contributed by atoms with Gasteiger partial charge in [-0.25, -0.2) is 0 Å². The molecule has 0 saturated carbocycles. The Hall–Kier alpha value is -0.780. The molecule has 1 aliphatic rings. The molecule has 0 spiro atoms. The van der Waals surface area contributed by atoms with Crippen LogP contribution >= 0.6 is 24.8 Å². The van der Waals surface area contributed by atoms with Crippen LogP contribution in [0.25, 0.3) is 0 Å². The highest BCUT2D eigenvalue weighted by molar-refractivity contribution is 5.85. The maximum absolute atomic E-state index is 12.5. The number of amides is 1. The van der Waals surface area contributed by atoms with Crippen molar-refractivity contribution < 1.29 is 4.79 Å². The number of nitrogens with zero attached hydrogens (tertiary/aromatic N) is 3. The molecule has 1 fully saturated rings. The molecular formula is C14H26Cl2N4O. The lowest BCUT2D eigenvalue weighted by Crippen LogP contribution is -2.47. The van der Waals surface area contributed by atoms with Gasteiger partial charge in [-0.15, -0.1) is 24.8 Å². The Morgan fingerprint density at radius 2 is 2.10 bits per heavy atom. The highest BCUT2D eigenvalue weighted by Crippen LogP contribution is 2.14. The fraction of sp³-hybridized carbons (Fsp3) is 0.714. The summed E-state index contributed by atoms with van der Waals surface area (Å²) in [5.41, 5.74) is 1.00. The fourth-order valence-corrected chi connectivity index (χ4v) is 2.71. The molecule has 1 saturated heterocycles. The van der Waals surface area contributed by atoms with Gasteiger partial charge in [0, 0.05) is 25.8 Å². The fourth-order valence-electron chi connectivity index (χ4n) is 2.71. The minimum absolute atomic E-state index is 0. The molecule has 0 aliphatic carbocycles. The summed E-state index contributed by atoms with van der Waals surface area (Å²) in [6, 6.07) is 0.408. The summed E-state index contributed by atoms with van der Waals surface area (Å²) in [6.45, 7) is 5.03. The number of carbonyl (C=O) groups is 1. The molecule has 1 amide bonds. The van der Waals surface area contributed by atoms with Gasteiger partial charge in [-0.3, -0.25) is 9.48 Å². The standard InChI is InChI=1S/C14H24N4O.2ClH/c1-3-8-18(13-4-6-15-7-5-13)14(19)9-12-10-16-17(2)11-12;;/h10-11,13,15H,3-9H2,1-2H3;2*1H. The van der Waals surface area contributed by atoms with Crippen molar-refractivity contribution in [2.45, 2.75) is 38.6 Å². The third-order valence-corrected chi connectivity index (χ3v) is 3.65. The zero-order valence-electron chi connectivity index (χ0n) is 12.7. The Labute approximate surface area is 139 Å². The average molecular weight is 337 g/mol. The highest BCUT2D eigenvalue weighted by atomic mass is 35.5. The van der Waals surface area contributed by atoms with E-state index in [4.69, 9.17) is 0 Å². The first-order valence-electron chi connectivity index (χ1n) is 7.18. The normalized spacial score (nSPS) is 15.0. The van der Waals surface area contributed by atoms with Gasteiger partial charge < -0.3 is 10.2 Å². The van der Waals surface area contributed by atoms with Crippen molar-refractivity contribution in [2.24, 2.45) is 7.05 Å². The van der Waals surface area contributed by atoms with Crippen molar-refractivity contribution in [3.63, 3.8) is 0 Å². The topological polar surface area (TPSA) is 50.2 Å². The number of hydrogen-bond acceptors (Lipinski definition) is 3. The van der Waals surface area contributed by atoms with Crippen LogP contribution in [0.5, 0.6) is 0 Å². The average Bonchev–Trinajstić information content (AvgIpc) is 2.82. The third-order valence-electron chi connectivity index (χ3n) is 3.65. The molecule has 1 aliphatic heterocycles. The van der Waals surface area contributed by atoms with E-state index >= 15 is 0 Å². The molecule has 2 heterocycles. The maximum Gasteiger partial charge on any atom is 0.227 e. The van der Waals surface area contributed by atoms with Crippen LogP contribution in [0.2, 0.25) is 0 Å². The van der Waals surface area contributed by atoms with Crippen LogP contribution in [0.15, 0.2) is 12.4 Å². The molecular weight excluding hydrogens is 311 g/mol. The molecule has 0 unspecified atom stereocenters. The first-order chi connectivity index (χ1) is 9.20. The summed E-state index contributed by atoms with van der Waals surface area (Å²) in [5.74, 6) is 0.238. The van der Waals surface area contributed by atoms with Crippen molar-refractivity contribution in [3.8, 4) is 0 Å². The summed E-state index contributed by atoms with van der Waals surface area (Å²) in [5, 5.41) is 7.48. The lowest BCUT2D eigenvalue weighted by molar-refractivity contribution is -0.133. The van der Waals surface area contributed by atoms with E-state index in [1.807, 2.05) is 13.2 Å². The first-order valence-corrected chi connectivity index (χ1v) is 7.18. The van der Waals surface area contributed by atoms with E-state index in [1.165, 1.54) is 0 Å². The second kappa shape index (κ2) is 10.0. The van der Waals surface area contributed by atoms with Crippen molar-refractivity contribution in [2.75, 3.05) is 19.6 Å². The van der Waals surface area contributed by atoms with Gasteiger partial charge in [0.1, 0.15) is 0 Å². The van der Waals surface area contributed by atoms with Crippen LogP contribution in [0.4, 0.5) is 0 Å². The van der Waals surface area contributed by atoms with Crippen molar-refractivity contribution in [3.05, 3.63) is 18.0 Å². The molecule has 0 aromatic carbocycles. The van der Waals surface area contributed by atoms with Crippen LogP contribution in [-0.4, -0.2) is 46.3 Å². The van der Waals surface area contributed by atoms with E-state index in [0.29, 0.717) is 12.5 Å². The van der Waals surface area contributed by atoms with Gasteiger partial charge in [-0.1, -0.05) is 6.92 Å². The van der Waals surface area contributed by atoms with Gasteiger partial charge >= 0.3 is 0 Å². The molecule has 122 valence electrons. The second-order valence-corrected chi connectivity index (χ2v) is 5.27. The minimum Gasteiger partial charge on any atom is -0.339 e. The summed E-state index contributed by atoms with van der Waals surface area (Å²) in [4.78, 5) is 14.6. The predicted octanol–water partition coefficient (Wildman–Crippen LogP) is 1.80. The molecule has 1 N–H and O–H groups in total. The van der Waals surface area contributed by atoms with Crippen LogP contribution in [0, 0.1) is 0 Å². The van der Waals surface area contributed by atoms with E-state index in [-0.39, 0.29) is 30.7 Å². The smallest absolute Gasteiger partial charge is 0.227 e. The van der Waals surface area contributed by atoms with Crippen LogP contribution in [0.1, 0.15) is 31.7 Å². The first kappa shape index (κ1) is 20.2. The van der Waals surface area contributed by atoms with Gasteiger partial charge in [0.15, 0.2) is 0 Å². The molecule has 1 aromatic heterocycles. The van der Waals surface area contributed by atoms with Gasteiger partial charge in [0.2, 0.25) is 5.91 Å². The SMILES string of the molecule is CCCN(C(=O)Cc1cnn(C)c1)C1CCNCC1.Cl.Cl. The predicted molar refractivity (Wildman–Crippen MR) is 89.3 cm³/mol. The molecule has 1 aromatic rings. The Morgan fingerprint density at radius 3 is 2.62 bits per heavy atom. The van der Waals surface area contributed by atoms with E-state index < -0.39 is 0 Å². The van der Waals surface area contributed by atoms with Gasteiger partial charge in [0.25, 0.3) is 0 Å². The van der Waals surface area contributed by atoms with E-state index in [2.05, 4.69) is 22.2 Å². The summed E-state index contributed by atoms with van der Waals surface area (Å²) < 4.78 is 1.75. The number of hydrogen-bond donors (Lipinski definition) is 1. The van der Waals surface area contributed by atoms with Crippen LogP contribution in [-0.2, 0) is 18.3 Å². The van der Waals surface area contributed by atoms with Crippen molar-refractivity contribution in [1.29, 1.82) is 0 Å². The lowest BCUT2D eigenvalue weighted by atomic mass is 10.0. The monoisotopic (exact) mass is 336 g/mol. The van der Waals surface area contributed by atoms with E-state index in [9.17, 15) is 4.79 Å². The van der Waals surface area contributed by atoms with Crippen molar-refractivity contribution in [1.82, 2.24) is 20.0 Å². The van der Waals surface area contributed by atoms with Crippen LogP contribution < -0.4 is 5.32 Å². The quantitative estimate of drug-likeness (QED) is 0.891. The maximum atomic E-state index is 12.5. The van der Waals surface area contributed by atoms with Gasteiger partial charge in [-0.2, -0.15) is 5.10 Å². The molecule has 2 rings (SSSR count). The van der Waals surface area contributed by atoms with E-state index in [1.54, 1.807) is 10.9 Å². The molecule has 0 atom stereocenters. The molecule has 7 heteroatoms. The number of nitrogens with one attached hydrogen (secondary N) is 1. The second-order valence-electron chi connectivity index (χ2n) is 5.27. The summed E-state index contributed by atoms with van der Waals surface area (Å²) >= 11 is 0. The molecule has 0 radical (unpaired) electrons. The third kappa shape index (κ3) is 5.85. The number of halogens is 2. The van der Waals surface area contributed by atoms with E-state index in [0.717, 1.165) is 44.5 Å². The number of aryl methyl sites for hydroxylation is 1. The van der Waals surface area contributed by atoms with Gasteiger partial charge in [0.05, 0.1) is 12.6 Å². The molecule has 5 nitrogen and oxygen atoms in total. The number of carbonyl (C=O) groups excluding carboxylic acids is 1. The minimum atomic E-state index is 0. The summed E-state index contributed by atoms with van der Waals surface area (Å²) in [7, 11) is 1.88. The number of aromatic nitrogens is 2. The molecule has 0 bridgehead atoms. The number of piperidine rings is 1. The largest absolute Gasteiger partial charge is 0.339 e. The zero-order valence-corrected chi connectivity index (χ0v) is 14.4. The number of rotatable bonds is 5. The Balaban J connectivity index is 0.00000200. The highest BCUT2D eigenvalue weighted by Gasteiger charge is 2.24. The van der Waals surface area contributed by atoms with Gasteiger partial charge in [-0.05, 0) is 37.9 Å². The molecule has 21 heavy (non-hydrogen) atoms. The Kier molecular flexibility index (Phi) is 9.66. The Bertz CT molecular complexity index is 419. The Morgan fingerprint density at radius 1 is 1.43 bits per heavy atom. The lowest BCUT2D eigenvalue weighted by Gasteiger charge is -2.34. The zero-order chi connectivity index (χ0) is 13.7. The van der Waals surface area contributed by atoms with Crippen LogP contribution in [0.3, 0.4) is 0 Å². The van der Waals surface area contributed by atoms with Crippen molar-refractivity contribution >= 4 is 30.7 Å².